The molecule has 0 bridgehead atoms. The molecule has 1 fully saturated rings. The van der Waals surface area contributed by atoms with Crippen molar-refractivity contribution in [2.75, 3.05) is 25.0 Å². The summed E-state index contributed by atoms with van der Waals surface area (Å²) in [5.74, 6) is -0.902. The minimum Gasteiger partial charge on any atom is -0.462 e. The van der Waals surface area contributed by atoms with E-state index in [1.807, 2.05) is 0 Å². The molecule has 2 aromatic carbocycles. The highest BCUT2D eigenvalue weighted by molar-refractivity contribution is 6.30. The molecule has 0 spiro atoms. The quantitative estimate of drug-likeness (QED) is 0.701. The molecule has 1 N–H and O–H groups in total. The van der Waals surface area contributed by atoms with Crippen molar-refractivity contribution in [3.05, 3.63) is 64.4 Å². The molecule has 0 aliphatic carbocycles. The average molecular weight is 419 g/mol. The lowest BCUT2D eigenvalue weighted by Crippen LogP contribution is -2.37. The van der Waals surface area contributed by atoms with Gasteiger partial charge in [0, 0.05) is 28.7 Å². The summed E-state index contributed by atoms with van der Waals surface area (Å²) in [6.45, 7) is 3.97. The van der Waals surface area contributed by atoms with Crippen LogP contribution >= 0.6 is 11.6 Å². The van der Waals surface area contributed by atoms with Crippen LogP contribution in [0.5, 0.6) is 0 Å². The Bertz CT molecular complexity index is 882. The zero-order chi connectivity index (χ0) is 20.8. The summed E-state index contributed by atoms with van der Waals surface area (Å²) in [4.78, 5) is 26.6. The number of benzene rings is 2. The molecule has 0 aromatic heterocycles. The van der Waals surface area contributed by atoms with Gasteiger partial charge in [-0.15, -0.1) is 0 Å². The molecule has 0 unspecified atom stereocenters. The molecule has 0 saturated carbocycles. The van der Waals surface area contributed by atoms with Crippen LogP contribution in [-0.4, -0.2) is 36.5 Å². The first-order valence-corrected chi connectivity index (χ1v) is 10.1. The second kappa shape index (κ2) is 9.85. The number of amides is 1. The third-order valence-corrected chi connectivity index (χ3v) is 5.24. The van der Waals surface area contributed by atoms with Gasteiger partial charge in [-0.25, -0.2) is 9.18 Å². The van der Waals surface area contributed by atoms with E-state index in [0.717, 1.165) is 0 Å². The Morgan fingerprint density at radius 1 is 1.21 bits per heavy atom. The number of nitrogens with one attached hydrogen (secondary N) is 1. The highest BCUT2D eigenvalue weighted by Gasteiger charge is 2.25. The van der Waals surface area contributed by atoms with Gasteiger partial charge in [0.2, 0.25) is 5.91 Å². The third kappa shape index (κ3) is 5.78. The van der Waals surface area contributed by atoms with E-state index in [9.17, 15) is 14.0 Å². The van der Waals surface area contributed by atoms with Crippen molar-refractivity contribution in [3.63, 3.8) is 0 Å². The second-order valence-electron chi connectivity index (χ2n) is 7.08. The van der Waals surface area contributed by atoms with Crippen molar-refractivity contribution >= 4 is 29.2 Å². The Labute approximate surface area is 174 Å². The summed E-state index contributed by atoms with van der Waals surface area (Å²) in [5.41, 5.74) is 1.59. The van der Waals surface area contributed by atoms with Gasteiger partial charge < -0.3 is 10.1 Å². The van der Waals surface area contributed by atoms with Gasteiger partial charge in [0.1, 0.15) is 5.82 Å². The number of nitrogens with zero attached hydrogens (tertiary/aromatic N) is 1. The van der Waals surface area contributed by atoms with Crippen LogP contribution in [0, 0.1) is 11.7 Å². The minimum atomic E-state index is -0.411. The van der Waals surface area contributed by atoms with E-state index in [2.05, 4.69) is 10.2 Å². The topological polar surface area (TPSA) is 58.6 Å². The number of likely N-dealkylation sites (tertiary alicyclic amines) is 1. The molecule has 1 saturated heterocycles. The Morgan fingerprint density at radius 2 is 1.97 bits per heavy atom. The fraction of sp³-hybridized carbons (Fsp3) is 0.364. The lowest BCUT2D eigenvalue weighted by atomic mass is 9.95. The second-order valence-corrected chi connectivity index (χ2v) is 7.51. The molecule has 1 aliphatic rings. The van der Waals surface area contributed by atoms with E-state index < -0.39 is 5.97 Å². The summed E-state index contributed by atoms with van der Waals surface area (Å²) in [6, 6.07) is 11.4. The molecule has 29 heavy (non-hydrogen) atoms. The van der Waals surface area contributed by atoms with Crippen LogP contribution in [0.3, 0.4) is 0 Å². The molecule has 0 radical (unpaired) electrons. The lowest BCUT2D eigenvalue weighted by Gasteiger charge is -2.31. The normalized spacial score (nSPS) is 15.1. The smallest absolute Gasteiger partial charge is 0.338 e. The maximum Gasteiger partial charge on any atom is 0.338 e. The van der Waals surface area contributed by atoms with Crippen LogP contribution < -0.4 is 5.32 Å². The number of anilines is 1. The first kappa shape index (κ1) is 21.3. The van der Waals surface area contributed by atoms with Crippen LogP contribution in [0.15, 0.2) is 42.5 Å². The Balaban J connectivity index is 1.52. The first-order valence-electron chi connectivity index (χ1n) is 9.70. The molecule has 0 atom stereocenters. The standard InChI is InChI=1S/C22H24ClFN2O3/c1-2-29-22(28)16-4-3-5-19(12-16)25-21(27)15-8-10-26(11-9-15)14-17-6-7-18(23)13-20(17)24/h3-7,12-13,15H,2,8-11,14H2,1H3,(H,25,27). The lowest BCUT2D eigenvalue weighted by molar-refractivity contribution is -0.121. The predicted molar refractivity (Wildman–Crippen MR) is 110 cm³/mol. The molecular formula is C22H24ClFN2O3. The zero-order valence-corrected chi connectivity index (χ0v) is 17.0. The maximum absolute atomic E-state index is 14.0. The minimum absolute atomic E-state index is 0.0664. The molecular weight excluding hydrogens is 395 g/mol. The van der Waals surface area contributed by atoms with Gasteiger partial charge in [0.15, 0.2) is 0 Å². The van der Waals surface area contributed by atoms with E-state index >= 15 is 0 Å². The van der Waals surface area contributed by atoms with Gasteiger partial charge >= 0.3 is 5.97 Å². The number of hydrogen-bond donors (Lipinski definition) is 1. The van der Waals surface area contributed by atoms with E-state index in [1.54, 1.807) is 43.3 Å². The summed E-state index contributed by atoms with van der Waals surface area (Å²) >= 11 is 5.80. The molecule has 7 heteroatoms. The fourth-order valence-electron chi connectivity index (χ4n) is 3.43. The van der Waals surface area contributed by atoms with Crippen LogP contribution in [0.4, 0.5) is 10.1 Å². The van der Waals surface area contributed by atoms with Crippen molar-refractivity contribution < 1.29 is 18.7 Å². The SMILES string of the molecule is CCOC(=O)c1cccc(NC(=O)C2CCN(Cc3ccc(Cl)cc3F)CC2)c1. The van der Waals surface area contributed by atoms with Crippen LogP contribution in [0.1, 0.15) is 35.7 Å². The summed E-state index contributed by atoms with van der Waals surface area (Å²) in [7, 11) is 0. The number of halogens is 2. The van der Waals surface area contributed by atoms with Gasteiger partial charge in [0.25, 0.3) is 0 Å². The highest BCUT2D eigenvalue weighted by atomic mass is 35.5. The number of piperidine rings is 1. The number of esters is 1. The predicted octanol–water partition coefficient (Wildman–Crippen LogP) is 4.51. The van der Waals surface area contributed by atoms with Gasteiger partial charge in [-0.2, -0.15) is 0 Å². The highest BCUT2D eigenvalue weighted by Crippen LogP contribution is 2.23. The average Bonchev–Trinajstić information content (AvgIpc) is 2.71. The van der Waals surface area contributed by atoms with E-state index in [-0.39, 0.29) is 17.6 Å². The molecule has 1 amide bonds. The summed E-state index contributed by atoms with van der Waals surface area (Å²) < 4.78 is 19.0. The Hall–Kier alpha value is -2.44. The molecule has 1 heterocycles. The van der Waals surface area contributed by atoms with Gasteiger partial charge in [0.05, 0.1) is 12.2 Å². The molecule has 2 aromatic rings. The number of carbonyl (C=O) groups is 2. The molecule has 1 aliphatic heterocycles. The number of carbonyl (C=O) groups excluding carboxylic acids is 2. The van der Waals surface area contributed by atoms with E-state index in [1.165, 1.54) is 6.07 Å². The molecule has 3 rings (SSSR count). The summed E-state index contributed by atoms with van der Waals surface area (Å²) in [6.07, 6.45) is 1.39. The van der Waals surface area contributed by atoms with Gasteiger partial charge in [-0.05, 0) is 63.2 Å². The molecule has 5 nitrogen and oxygen atoms in total. The first-order chi connectivity index (χ1) is 14.0. The van der Waals surface area contributed by atoms with Crippen molar-refractivity contribution in [2.24, 2.45) is 5.92 Å². The van der Waals surface area contributed by atoms with Crippen LogP contribution in [-0.2, 0) is 16.1 Å². The Kier molecular flexibility index (Phi) is 7.23. The van der Waals surface area contributed by atoms with Crippen molar-refractivity contribution in [3.8, 4) is 0 Å². The van der Waals surface area contributed by atoms with E-state index in [4.69, 9.17) is 16.3 Å². The molecule has 154 valence electrons. The largest absolute Gasteiger partial charge is 0.462 e. The van der Waals surface area contributed by atoms with Gasteiger partial charge in [-0.3, -0.25) is 9.69 Å². The van der Waals surface area contributed by atoms with Crippen LogP contribution in [0.25, 0.3) is 0 Å². The monoisotopic (exact) mass is 418 g/mol. The third-order valence-electron chi connectivity index (χ3n) is 5.01. The van der Waals surface area contributed by atoms with Crippen LogP contribution in [0.2, 0.25) is 5.02 Å². The number of hydrogen-bond acceptors (Lipinski definition) is 4. The summed E-state index contributed by atoms with van der Waals surface area (Å²) in [5, 5.41) is 3.27. The maximum atomic E-state index is 14.0. The fourth-order valence-corrected chi connectivity index (χ4v) is 3.59. The van der Waals surface area contributed by atoms with Crippen molar-refractivity contribution in [2.45, 2.75) is 26.3 Å². The Morgan fingerprint density at radius 3 is 2.66 bits per heavy atom. The van der Waals surface area contributed by atoms with Crippen molar-refractivity contribution in [1.82, 2.24) is 4.90 Å². The number of ether oxygens (including phenoxy) is 1. The number of rotatable bonds is 6. The van der Waals surface area contributed by atoms with Gasteiger partial charge in [-0.1, -0.05) is 23.7 Å². The van der Waals surface area contributed by atoms with E-state index in [0.29, 0.717) is 60.9 Å². The van der Waals surface area contributed by atoms with Crippen molar-refractivity contribution in [1.29, 1.82) is 0 Å². The zero-order valence-electron chi connectivity index (χ0n) is 16.3.